The van der Waals surface area contributed by atoms with E-state index in [9.17, 15) is 4.79 Å². The maximum Gasteiger partial charge on any atom is 0.150 e. The Morgan fingerprint density at radius 3 is 2.35 bits per heavy atom. The molecule has 0 aliphatic heterocycles. The van der Waals surface area contributed by atoms with Gasteiger partial charge in [0.2, 0.25) is 0 Å². The predicted molar refractivity (Wildman–Crippen MR) is 74.9 cm³/mol. The van der Waals surface area contributed by atoms with Crippen LogP contribution in [0.5, 0.6) is 5.75 Å². The van der Waals surface area contributed by atoms with Crippen molar-refractivity contribution in [3.63, 3.8) is 0 Å². The molecule has 0 aromatic heterocycles. The van der Waals surface area contributed by atoms with E-state index in [0.29, 0.717) is 5.56 Å². The van der Waals surface area contributed by atoms with Crippen LogP contribution >= 0.6 is 0 Å². The van der Waals surface area contributed by atoms with Crippen molar-refractivity contribution in [2.24, 2.45) is 0 Å². The highest BCUT2D eigenvalue weighted by molar-refractivity contribution is 5.75. The van der Waals surface area contributed by atoms with E-state index in [0.717, 1.165) is 31.5 Å². The SMILES string of the molecule is CC.CC.CCCCOc1cccc(C=O)c1. The van der Waals surface area contributed by atoms with Crippen LogP contribution in [0, 0.1) is 0 Å². The van der Waals surface area contributed by atoms with E-state index in [-0.39, 0.29) is 0 Å². The lowest BCUT2D eigenvalue weighted by atomic mass is 10.2. The van der Waals surface area contributed by atoms with Gasteiger partial charge < -0.3 is 4.74 Å². The molecular formula is C15H26O2. The first-order valence-corrected chi connectivity index (χ1v) is 6.55. The van der Waals surface area contributed by atoms with Gasteiger partial charge in [0.1, 0.15) is 12.0 Å². The monoisotopic (exact) mass is 238 g/mol. The molecule has 0 aliphatic rings. The van der Waals surface area contributed by atoms with Crippen molar-refractivity contribution in [1.29, 1.82) is 0 Å². The van der Waals surface area contributed by atoms with Crippen LogP contribution < -0.4 is 4.74 Å². The van der Waals surface area contributed by atoms with Gasteiger partial charge in [-0.25, -0.2) is 0 Å². The fourth-order valence-electron chi connectivity index (χ4n) is 1.01. The third-order valence-corrected chi connectivity index (χ3v) is 1.76. The van der Waals surface area contributed by atoms with Crippen molar-refractivity contribution in [2.75, 3.05) is 6.61 Å². The summed E-state index contributed by atoms with van der Waals surface area (Å²) in [6.07, 6.45) is 2.99. The Labute approximate surface area is 106 Å². The second-order valence-electron chi connectivity index (χ2n) is 2.89. The zero-order chi connectivity index (χ0) is 13.5. The van der Waals surface area contributed by atoms with E-state index in [2.05, 4.69) is 6.92 Å². The van der Waals surface area contributed by atoms with Gasteiger partial charge in [-0.2, -0.15) is 0 Å². The molecule has 0 N–H and O–H groups in total. The number of aldehydes is 1. The standard InChI is InChI=1S/C11H14O2.2C2H6/c1-2-3-7-13-11-6-4-5-10(8-11)9-12;2*1-2/h4-6,8-9H,2-3,7H2,1H3;2*1-2H3. The number of carbonyl (C=O) groups excluding carboxylic acids is 1. The fraction of sp³-hybridized carbons (Fsp3) is 0.533. The molecule has 2 nitrogen and oxygen atoms in total. The largest absolute Gasteiger partial charge is 0.494 e. The summed E-state index contributed by atoms with van der Waals surface area (Å²) in [5.74, 6) is 0.776. The van der Waals surface area contributed by atoms with Gasteiger partial charge in [-0.15, -0.1) is 0 Å². The van der Waals surface area contributed by atoms with Crippen molar-refractivity contribution in [2.45, 2.75) is 47.5 Å². The maximum absolute atomic E-state index is 10.4. The first-order valence-electron chi connectivity index (χ1n) is 6.55. The van der Waals surface area contributed by atoms with Crippen LogP contribution in [0.25, 0.3) is 0 Å². The normalized spacial score (nSPS) is 8.06. The Hall–Kier alpha value is -1.31. The number of benzene rings is 1. The lowest BCUT2D eigenvalue weighted by Gasteiger charge is -2.04. The minimum absolute atomic E-state index is 0.661. The van der Waals surface area contributed by atoms with E-state index < -0.39 is 0 Å². The van der Waals surface area contributed by atoms with Gasteiger partial charge >= 0.3 is 0 Å². The minimum Gasteiger partial charge on any atom is -0.494 e. The summed E-state index contributed by atoms with van der Waals surface area (Å²) in [6, 6.07) is 7.20. The molecule has 0 spiro atoms. The van der Waals surface area contributed by atoms with Gasteiger partial charge in [0.25, 0.3) is 0 Å². The van der Waals surface area contributed by atoms with Gasteiger partial charge in [-0.3, -0.25) is 4.79 Å². The first-order chi connectivity index (χ1) is 8.36. The average molecular weight is 238 g/mol. The molecule has 1 aromatic carbocycles. The molecule has 0 saturated carbocycles. The highest BCUT2D eigenvalue weighted by Crippen LogP contribution is 2.12. The maximum atomic E-state index is 10.4. The summed E-state index contributed by atoms with van der Waals surface area (Å²) < 4.78 is 5.43. The lowest BCUT2D eigenvalue weighted by Crippen LogP contribution is -1.96. The summed E-state index contributed by atoms with van der Waals surface area (Å²) in [6.45, 7) is 10.8. The molecule has 2 heteroatoms. The van der Waals surface area contributed by atoms with Crippen molar-refractivity contribution >= 4 is 6.29 Å². The number of rotatable bonds is 5. The zero-order valence-corrected chi connectivity index (χ0v) is 11.8. The molecule has 17 heavy (non-hydrogen) atoms. The van der Waals surface area contributed by atoms with Crippen LogP contribution in [-0.2, 0) is 0 Å². The number of hydrogen-bond donors (Lipinski definition) is 0. The Kier molecular flexibility index (Phi) is 15.6. The fourth-order valence-corrected chi connectivity index (χ4v) is 1.01. The Balaban J connectivity index is 0. The van der Waals surface area contributed by atoms with Gasteiger partial charge in [0.15, 0.2) is 0 Å². The summed E-state index contributed by atoms with van der Waals surface area (Å²) in [4.78, 5) is 10.4. The molecule has 1 rings (SSSR count). The molecule has 0 aliphatic carbocycles. The van der Waals surface area contributed by atoms with Crippen LogP contribution in [0.15, 0.2) is 24.3 Å². The molecule has 0 bridgehead atoms. The highest BCUT2D eigenvalue weighted by Gasteiger charge is 1.94. The topological polar surface area (TPSA) is 26.3 Å². The number of carbonyl (C=O) groups is 1. The Bertz CT molecular complexity index is 269. The third kappa shape index (κ3) is 9.61. The number of unbranched alkanes of at least 4 members (excludes halogenated alkanes) is 1. The third-order valence-electron chi connectivity index (χ3n) is 1.76. The first kappa shape index (κ1) is 18.1. The van der Waals surface area contributed by atoms with Crippen molar-refractivity contribution < 1.29 is 9.53 Å². The van der Waals surface area contributed by atoms with Crippen LogP contribution in [-0.4, -0.2) is 12.9 Å². The number of hydrogen-bond acceptors (Lipinski definition) is 2. The Morgan fingerprint density at radius 2 is 1.82 bits per heavy atom. The smallest absolute Gasteiger partial charge is 0.150 e. The van der Waals surface area contributed by atoms with Crippen molar-refractivity contribution in [1.82, 2.24) is 0 Å². The van der Waals surface area contributed by atoms with Crippen LogP contribution in [0.3, 0.4) is 0 Å². The van der Waals surface area contributed by atoms with E-state index in [4.69, 9.17) is 4.74 Å². The lowest BCUT2D eigenvalue weighted by molar-refractivity contribution is 0.112. The number of ether oxygens (including phenoxy) is 1. The molecule has 0 atom stereocenters. The average Bonchev–Trinajstić information content (AvgIpc) is 2.44. The summed E-state index contributed by atoms with van der Waals surface area (Å²) in [7, 11) is 0. The molecular weight excluding hydrogens is 212 g/mol. The summed E-state index contributed by atoms with van der Waals surface area (Å²) in [5, 5.41) is 0. The minimum atomic E-state index is 0.661. The van der Waals surface area contributed by atoms with Crippen LogP contribution in [0.1, 0.15) is 57.8 Å². The Morgan fingerprint density at radius 1 is 1.18 bits per heavy atom. The van der Waals surface area contributed by atoms with Crippen LogP contribution in [0.4, 0.5) is 0 Å². The molecule has 0 heterocycles. The molecule has 0 radical (unpaired) electrons. The van der Waals surface area contributed by atoms with E-state index in [1.165, 1.54) is 0 Å². The molecule has 1 aromatic rings. The second-order valence-corrected chi connectivity index (χ2v) is 2.89. The summed E-state index contributed by atoms with van der Waals surface area (Å²) >= 11 is 0. The molecule has 98 valence electrons. The summed E-state index contributed by atoms with van der Waals surface area (Å²) in [5.41, 5.74) is 0.661. The predicted octanol–water partition coefficient (Wildman–Crippen LogP) is 4.73. The zero-order valence-electron chi connectivity index (χ0n) is 11.8. The molecule has 0 saturated heterocycles. The van der Waals surface area contributed by atoms with E-state index >= 15 is 0 Å². The van der Waals surface area contributed by atoms with E-state index in [1.54, 1.807) is 12.1 Å². The van der Waals surface area contributed by atoms with E-state index in [1.807, 2.05) is 39.8 Å². The highest BCUT2D eigenvalue weighted by atomic mass is 16.5. The van der Waals surface area contributed by atoms with Gasteiger partial charge in [0, 0.05) is 5.56 Å². The second kappa shape index (κ2) is 14.7. The molecule has 0 unspecified atom stereocenters. The van der Waals surface area contributed by atoms with Crippen molar-refractivity contribution in [3.8, 4) is 5.75 Å². The molecule has 0 amide bonds. The van der Waals surface area contributed by atoms with Crippen LogP contribution in [0.2, 0.25) is 0 Å². The van der Waals surface area contributed by atoms with Gasteiger partial charge in [-0.05, 0) is 18.6 Å². The van der Waals surface area contributed by atoms with Gasteiger partial charge in [0.05, 0.1) is 6.61 Å². The quantitative estimate of drug-likeness (QED) is 0.547. The van der Waals surface area contributed by atoms with Crippen molar-refractivity contribution in [3.05, 3.63) is 29.8 Å². The molecule has 0 fully saturated rings. The van der Waals surface area contributed by atoms with Gasteiger partial charge in [-0.1, -0.05) is 53.2 Å².